The third-order valence-corrected chi connectivity index (χ3v) is 6.53. The van der Waals surface area contributed by atoms with Gasteiger partial charge in [-0.05, 0) is 5.56 Å². The van der Waals surface area contributed by atoms with Crippen molar-refractivity contribution in [3.63, 3.8) is 0 Å². The van der Waals surface area contributed by atoms with E-state index in [0.717, 1.165) is 41.7 Å². The molecular formula is C31H39NO17. The zero-order valence-corrected chi connectivity index (χ0v) is 27.7. The minimum Gasteiger partial charge on any atom is -0.465 e. The van der Waals surface area contributed by atoms with Crippen LogP contribution in [0.15, 0.2) is 30.3 Å². The first-order valence-corrected chi connectivity index (χ1v) is 14.7. The van der Waals surface area contributed by atoms with Gasteiger partial charge in [0, 0.05) is 34.6 Å². The molecule has 0 unspecified atom stereocenters. The number of nitrogens with one attached hydrogen (secondary N) is 1. The van der Waals surface area contributed by atoms with Crippen LogP contribution in [-0.4, -0.2) is 111 Å². The molecule has 6 atom stereocenters. The Hall–Kier alpha value is -5.10. The zero-order chi connectivity index (χ0) is 36.7. The molecule has 0 aliphatic carbocycles. The van der Waals surface area contributed by atoms with Crippen molar-refractivity contribution < 1.29 is 81.0 Å². The number of carbonyl (C=O) groups excluding carboxylic acids is 8. The van der Waals surface area contributed by atoms with E-state index in [0.29, 0.717) is 5.56 Å². The van der Waals surface area contributed by atoms with E-state index in [4.69, 9.17) is 42.6 Å². The predicted octanol–water partition coefficient (Wildman–Crippen LogP) is -0.189. The highest BCUT2D eigenvalue weighted by Gasteiger charge is 2.59. The van der Waals surface area contributed by atoms with Gasteiger partial charge in [-0.3, -0.25) is 28.8 Å². The number of rotatable bonds is 16. The van der Waals surface area contributed by atoms with Crippen LogP contribution in [0, 0.1) is 0 Å². The number of methoxy groups -OCH3 is 1. The first-order chi connectivity index (χ1) is 23.1. The molecule has 1 saturated heterocycles. The number of hydrogen-bond donors (Lipinski definition) is 1. The molecule has 1 aliphatic heterocycles. The van der Waals surface area contributed by atoms with E-state index < -0.39 is 110 Å². The molecule has 1 heterocycles. The van der Waals surface area contributed by atoms with Crippen LogP contribution in [0.1, 0.15) is 46.6 Å². The molecular weight excluding hydrogens is 658 g/mol. The fourth-order valence-electron chi connectivity index (χ4n) is 4.66. The number of hydrogen-bond acceptors (Lipinski definition) is 17. The molecule has 2 rings (SSSR count). The molecule has 0 aromatic heterocycles. The van der Waals surface area contributed by atoms with Gasteiger partial charge in [-0.2, -0.15) is 0 Å². The highest BCUT2D eigenvalue weighted by Crippen LogP contribution is 2.37. The van der Waals surface area contributed by atoms with Gasteiger partial charge in [0.15, 0.2) is 18.8 Å². The Labute approximate surface area is 280 Å². The normalized spacial score (nSPS) is 21.1. The molecule has 18 nitrogen and oxygen atoms in total. The largest absolute Gasteiger partial charge is 0.465 e. The van der Waals surface area contributed by atoms with E-state index in [2.05, 4.69) is 5.32 Å². The average molecular weight is 698 g/mol. The Morgan fingerprint density at radius 2 is 1.45 bits per heavy atom. The van der Waals surface area contributed by atoms with E-state index in [1.807, 2.05) is 0 Å². The van der Waals surface area contributed by atoms with Crippen molar-refractivity contribution >= 4 is 47.7 Å². The third kappa shape index (κ3) is 13.1. The molecule has 0 radical (unpaired) electrons. The molecule has 1 aromatic carbocycles. The maximum atomic E-state index is 13.4. The SMILES string of the molecule is COC(=O)[C@@]1(OCC(=O)OCc2ccccc2)C[C@H](OC(C)=O)[C@@H](NC(=O)COC(C)=O)[C@H]([C@H](OC(C)=O)[C@@H](COC(C)=O)OC(C)=O)O1. The van der Waals surface area contributed by atoms with Gasteiger partial charge < -0.3 is 47.9 Å². The Balaban J connectivity index is 2.65. The molecule has 49 heavy (non-hydrogen) atoms. The molecule has 0 saturated carbocycles. The Bertz CT molecular complexity index is 1360. The van der Waals surface area contributed by atoms with Crippen LogP contribution in [0.4, 0.5) is 0 Å². The lowest BCUT2D eigenvalue weighted by Gasteiger charge is -2.48. The van der Waals surface area contributed by atoms with E-state index in [9.17, 15) is 38.4 Å². The molecule has 1 N–H and O–H groups in total. The van der Waals surface area contributed by atoms with Crippen LogP contribution in [0.3, 0.4) is 0 Å². The van der Waals surface area contributed by atoms with E-state index in [-0.39, 0.29) is 6.61 Å². The van der Waals surface area contributed by atoms with Crippen molar-refractivity contribution in [2.45, 2.75) is 83.9 Å². The molecule has 0 spiro atoms. The standard InChI is InChI=1S/C31H39NO17/c1-17(33)42-14-24(47-20(4)36)28(48-21(5)37)29-27(32-25(38)15-43-18(2)34)23(46-19(3)35)12-31(49-29,30(40)41-6)45-16-26(39)44-13-22-10-8-7-9-11-22/h7-11,23-24,27-29H,12-16H2,1-6H3,(H,32,38)/t23-,24+,27+,28+,29+,31+/m0/s1. The smallest absolute Gasteiger partial charge is 0.366 e. The summed E-state index contributed by atoms with van der Waals surface area (Å²) < 4.78 is 47.9. The van der Waals surface area contributed by atoms with E-state index >= 15 is 0 Å². The number of esters is 7. The van der Waals surface area contributed by atoms with Crippen LogP contribution < -0.4 is 5.32 Å². The number of amides is 1. The van der Waals surface area contributed by atoms with Crippen molar-refractivity contribution in [2.75, 3.05) is 26.9 Å². The summed E-state index contributed by atoms with van der Waals surface area (Å²) in [6, 6.07) is 7.04. The first kappa shape index (κ1) is 40.1. The maximum absolute atomic E-state index is 13.4. The van der Waals surface area contributed by atoms with Crippen molar-refractivity contribution in [2.24, 2.45) is 0 Å². The number of ether oxygens (including phenoxy) is 9. The van der Waals surface area contributed by atoms with Gasteiger partial charge in [-0.25, -0.2) is 9.59 Å². The topological polar surface area (TPSA) is 232 Å². The third-order valence-electron chi connectivity index (χ3n) is 6.53. The quantitative estimate of drug-likeness (QED) is 0.174. The second-order valence-electron chi connectivity index (χ2n) is 10.5. The van der Waals surface area contributed by atoms with Gasteiger partial charge in [0.1, 0.15) is 32.0 Å². The van der Waals surface area contributed by atoms with Crippen LogP contribution in [0.2, 0.25) is 0 Å². The summed E-state index contributed by atoms with van der Waals surface area (Å²) in [5.41, 5.74) is 0.642. The van der Waals surface area contributed by atoms with Crippen LogP contribution in [0.5, 0.6) is 0 Å². The zero-order valence-electron chi connectivity index (χ0n) is 27.7. The Morgan fingerprint density at radius 1 is 0.816 bits per heavy atom. The van der Waals surface area contributed by atoms with Crippen molar-refractivity contribution in [1.82, 2.24) is 5.32 Å². The van der Waals surface area contributed by atoms with E-state index in [1.54, 1.807) is 30.3 Å². The molecule has 1 fully saturated rings. The van der Waals surface area contributed by atoms with Gasteiger partial charge in [0.25, 0.3) is 11.7 Å². The highest BCUT2D eigenvalue weighted by atomic mass is 16.7. The molecule has 1 aromatic rings. The minimum atomic E-state index is -2.62. The monoisotopic (exact) mass is 697 g/mol. The summed E-state index contributed by atoms with van der Waals surface area (Å²) in [5, 5.41) is 2.45. The van der Waals surface area contributed by atoms with Gasteiger partial charge in [-0.15, -0.1) is 0 Å². The Kier molecular flexibility index (Phi) is 15.6. The summed E-state index contributed by atoms with van der Waals surface area (Å²) in [5.74, 6) is -10.3. The number of benzene rings is 1. The van der Waals surface area contributed by atoms with Crippen molar-refractivity contribution in [3.05, 3.63) is 35.9 Å². The molecule has 18 heteroatoms. The minimum absolute atomic E-state index is 0.154. The lowest BCUT2D eigenvalue weighted by molar-refractivity contribution is -0.313. The summed E-state index contributed by atoms with van der Waals surface area (Å²) in [6.45, 7) is 2.44. The average Bonchev–Trinajstić information content (AvgIpc) is 3.03. The van der Waals surface area contributed by atoms with Crippen LogP contribution >= 0.6 is 0 Å². The van der Waals surface area contributed by atoms with Gasteiger partial charge >= 0.3 is 41.8 Å². The summed E-state index contributed by atoms with van der Waals surface area (Å²) in [4.78, 5) is 99.0. The fourth-order valence-corrected chi connectivity index (χ4v) is 4.66. The van der Waals surface area contributed by atoms with Crippen LogP contribution in [0.25, 0.3) is 0 Å². The van der Waals surface area contributed by atoms with Gasteiger partial charge in [-0.1, -0.05) is 30.3 Å². The molecule has 270 valence electrons. The fraction of sp³-hybridized carbons (Fsp3) is 0.548. The van der Waals surface area contributed by atoms with Gasteiger partial charge in [0.05, 0.1) is 19.6 Å². The summed E-state index contributed by atoms with van der Waals surface area (Å²) in [6.07, 6.45) is -7.67. The maximum Gasteiger partial charge on any atom is 0.366 e. The van der Waals surface area contributed by atoms with Crippen molar-refractivity contribution in [1.29, 1.82) is 0 Å². The van der Waals surface area contributed by atoms with Crippen molar-refractivity contribution in [3.8, 4) is 0 Å². The lowest BCUT2D eigenvalue weighted by Crippen LogP contribution is -2.69. The molecule has 1 aliphatic rings. The second kappa shape index (κ2) is 19.0. The number of carbonyl (C=O) groups is 8. The van der Waals surface area contributed by atoms with Crippen LogP contribution in [-0.2, 0) is 87.6 Å². The molecule has 0 bridgehead atoms. The summed E-state index contributed by atoms with van der Waals surface area (Å²) >= 11 is 0. The van der Waals surface area contributed by atoms with E-state index in [1.165, 1.54) is 0 Å². The molecule has 1 amide bonds. The highest BCUT2D eigenvalue weighted by molar-refractivity contribution is 5.81. The second-order valence-corrected chi connectivity index (χ2v) is 10.5. The predicted molar refractivity (Wildman–Crippen MR) is 158 cm³/mol. The van der Waals surface area contributed by atoms with Gasteiger partial charge in [0.2, 0.25) is 0 Å². The first-order valence-electron chi connectivity index (χ1n) is 14.7. The Morgan fingerprint density at radius 3 is 2.00 bits per heavy atom. The lowest BCUT2D eigenvalue weighted by atomic mass is 9.88. The summed E-state index contributed by atoms with van der Waals surface area (Å²) in [7, 11) is 0.958.